The van der Waals surface area contributed by atoms with Crippen LogP contribution in [0.2, 0.25) is 0 Å². The fourth-order valence-electron chi connectivity index (χ4n) is 3.02. The third kappa shape index (κ3) is 4.01. The quantitative estimate of drug-likeness (QED) is 0.560. The Morgan fingerprint density at radius 3 is 2.50 bits per heavy atom. The molecule has 2 aromatic carbocycles. The number of piperazine rings is 1. The molecule has 0 N–H and O–H groups in total. The molecular weight excluding hydrogens is 405 g/mol. The standard InChI is InChI=1S/C18H17BrFN3O3/c19-14-11-13(5-6-15(14)20)12-18(24)22-9-7-21(8-10-22)16-3-1-2-4-17(16)23(25)26/h1-6,11H,7-10,12H2. The van der Waals surface area contributed by atoms with E-state index in [1.165, 1.54) is 12.1 Å². The zero-order valence-corrected chi connectivity index (χ0v) is 15.5. The Morgan fingerprint density at radius 2 is 1.85 bits per heavy atom. The minimum Gasteiger partial charge on any atom is -0.362 e. The molecule has 1 amide bonds. The van der Waals surface area contributed by atoms with Crippen molar-refractivity contribution >= 4 is 33.2 Å². The molecule has 26 heavy (non-hydrogen) atoms. The van der Waals surface area contributed by atoms with Crippen LogP contribution >= 0.6 is 15.9 Å². The molecule has 1 fully saturated rings. The summed E-state index contributed by atoms with van der Waals surface area (Å²) in [5, 5.41) is 11.2. The Balaban J connectivity index is 1.62. The van der Waals surface area contributed by atoms with Gasteiger partial charge in [-0.3, -0.25) is 14.9 Å². The molecule has 0 spiro atoms. The number of hydrogen-bond donors (Lipinski definition) is 0. The summed E-state index contributed by atoms with van der Waals surface area (Å²) in [6, 6.07) is 11.2. The van der Waals surface area contributed by atoms with Crippen LogP contribution < -0.4 is 4.90 Å². The molecular formula is C18H17BrFN3O3. The number of halogens is 2. The van der Waals surface area contributed by atoms with Crippen LogP contribution in [0.4, 0.5) is 15.8 Å². The fraction of sp³-hybridized carbons (Fsp3) is 0.278. The molecule has 0 unspecified atom stereocenters. The van der Waals surface area contributed by atoms with Gasteiger partial charge >= 0.3 is 0 Å². The summed E-state index contributed by atoms with van der Waals surface area (Å²) in [6.07, 6.45) is 0.199. The highest BCUT2D eigenvalue weighted by atomic mass is 79.9. The van der Waals surface area contributed by atoms with Crippen molar-refractivity contribution in [1.29, 1.82) is 0 Å². The molecule has 0 radical (unpaired) electrons. The largest absolute Gasteiger partial charge is 0.362 e. The molecule has 6 nitrogen and oxygen atoms in total. The summed E-state index contributed by atoms with van der Waals surface area (Å²) in [5.74, 6) is -0.398. The summed E-state index contributed by atoms with van der Waals surface area (Å²) in [5.41, 5.74) is 1.39. The second kappa shape index (κ2) is 7.82. The van der Waals surface area contributed by atoms with E-state index in [1.54, 1.807) is 35.2 Å². The van der Waals surface area contributed by atoms with Crippen LogP contribution in [0.5, 0.6) is 0 Å². The van der Waals surface area contributed by atoms with Crippen molar-refractivity contribution in [3.63, 3.8) is 0 Å². The smallest absolute Gasteiger partial charge is 0.292 e. The predicted octanol–water partition coefficient (Wildman–Crippen LogP) is 3.39. The molecule has 1 aliphatic heterocycles. The van der Waals surface area contributed by atoms with Crippen LogP contribution in [-0.4, -0.2) is 41.9 Å². The Morgan fingerprint density at radius 1 is 1.15 bits per heavy atom. The highest BCUT2D eigenvalue weighted by Crippen LogP contribution is 2.28. The van der Waals surface area contributed by atoms with Gasteiger partial charge in [-0.05, 0) is 39.7 Å². The maximum atomic E-state index is 13.3. The predicted molar refractivity (Wildman–Crippen MR) is 99.7 cm³/mol. The highest BCUT2D eigenvalue weighted by molar-refractivity contribution is 9.10. The first-order valence-electron chi connectivity index (χ1n) is 8.16. The molecule has 1 saturated heterocycles. The molecule has 0 bridgehead atoms. The van der Waals surface area contributed by atoms with Crippen LogP contribution in [0.1, 0.15) is 5.56 Å². The molecule has 136 valence electrons. The van der Waals surface area contributed by atoms with Gasteiger partial charge in [0.25, 0.3) is 5.69 Å². The Kier molecular flexibility index (Phi) is 5.51. The van der Waals surface area contributed by atoms with E-state index in [4.69, 9.17) is 0 Å². The second-order valence-electron chi connectivity index (χ2n) is 6.04. The molecule has 1 heterocycles. The maximum Gasteiger partial charge on any atom is 0.292 e. The SMILES string of the molecule is O=C(Cc1ccc(F)c(Br)c1)N1CCN(c2ccccc2[N+](=O)[O-])CC1. The van der Waals surface area contributed by atoms with E-state index in [-0.39, 0.29) is 28.8 Å². The van der Waals surface area contributed by atoms with E-state index < -0.39 is 0 Å². The lowest BCUT2D eigenvalue weighted by Crippen LogP contribution is -2.49. The van der Waals surface area contributed by atoms with E-state index >= 15 is 0 Å². The van der Waals surface area contributed by atoms with Crippen molar-refractivity contribution < 1.29 is 14.1 Å². The normalized spacial score (nSPS) is 14.4. The van der Waals surface area contributed by atoms with Crippen LogP contribution in [0.25, 0.3) is 0 Å². The summed E-state index contributed by atoms with van der Waals surface area (Å²) in [6.45, 7) is 2.05. The Hall–Kier alpha value is -2.48. The van der Waals surface area contributed by atoms with E-state index in [0.717, 1.165) is 5.56 Å². The van der Waals surface area contributed by atoms with Crippen molar-refractivity contribution in [2.24, 2.45) is 0 Å². The molecule has 0 aliphatic carbocycles. The first kappa shape index (κ1) is 18.3. The summed E-state index contributed by atoms with van der Waals surface area (Å²) < 4.78 is 13.6. The van der Waals surface area contributed by atoms with Gasteiger partial charge in [0.05, 0.1) is 15.8 Å². The van der Waals surface area contributed by atoms with Crippen LogP contribution in [0.3, 0.4) is 0 Å². The molecule has 1 aliphatic rings. The number of nitrogens with zero attached hydrogens (tertiary/aromatic N) is 3. The molecule has 0 aromatic heterocycles. The molecule has 0 atom stereocenters. The van der Waals surface area contributed by atoms with Crippen molar-refractivity contribution in [2.75, 3.05) is 31.1 Å². The number of rotatable bonds is 4. The fourth-order valence-corrected chi connectivity index (χ4v) is 3.44. The number of nitro groups is 1. The number of para-hydroxylation sites is 2. The van der Waals surface area contributed by atoms with Crippen LogP contribution in [-0.2, 0) is 11.2 Å². The number of nitro benzene ring substituents is 1. The first-order valence-corrected chi connectivity index (χ1v) is 8.95. The average molecular weight is 422 g/mol. The van der Waals surface area contributed by atoms with Gasteiger partial charge in [0, 0.05) is 32.2 Å². The Bertz CT molecular complexity index is 838. The van der Waals surface area contributed by atoms with Gasteiger partial charge in [0.15, 0.2) is 0 Å². The van der Waals surface area contributed by atoms with Gasteiger partial charge in [0.2, 0.25) is 5.91 Å². The molecule has 3 rings (SSSR count). The van der Waals surface area contributed by atoms with Crippen LogP contribution in [0.15, 0.2) is 46.9 Å². The number of hydrogen-bond acceptors (Lipinski definition) is 4. The number of anilines is 1. The zero-order chi connectivity index (χ0) is 18.7. The van der Waals surface area contributed by atoms with Crippen molar-refractivity contribution in [3.05, 3.63) is 68.4 Å². The lowest BCUT2D eigenvalue weighted by molar-refractivity contribution is -0.384. The van der Waals surface area contributed by atoms with Gasteiger partial charge in [0.1, 0.15) is 11.5 Å². The Labute approximate surface area is 158 Å². The second-order valence-corrected chi connectivity index (χ2v) is 6.89. The summed E-state index contributed by atoms with van der Waals surface area (Å²) in [4.78, 5) is 26.9. The van der Waals surface area contributed by atoms with Gasteiger partial charge in [-0.1, -0.05) is 18.2 Å². The number of carbonyl (C=O) groups is 1. The van der Waals surface area contributed by atoms with Crippen LogP contribution in [0, 0.1) is 15.9 Å². The molecule has 0 saturated carbocycles. The van der Waals surface area contributed by atoms with E-state index in [2.05, 4.69) is 15.9 Å². The topological polar surface area (TPSA) is 66.7 Å². The van der Waals surface area contributed by atoms with E-state index in [9.17, 15) is 19.3 Å². The van der Waals surface area contributed by atoms with Gasteiger partial charge < -0.3 is 9.80 Å². The van der Waals surface area contributed by atoms with Crippen molar-refractivity contribution in [1.82, 2.24) is 4.90 Å². The number of carbonyl (C=O) groups excluding carboxylic acids is 1. The molecule has 2 aromatic rings. The molecule has 8 heteroatoms. The van der Waals surface area contributed by atoms with Gasteiger partial charge in [-0.2, -0.15) is 0 Å². The van der Waals surface area contributed by atoms with Crippen molar-refractivity contribution in [2.45, 2.75) is 6.42 Å². The number of amides is 1. The monoisotopic (exact) mass is 421 g/mol. The highest BCUT2D eigenvalue weighted by Gasteiger charge is 2.25. The van der Waals surface area contributed by atoms with E-state index in [0.29, 0.717) is 36.3 Å². The summed E-state index contributed by atoms with van der Waals surface area (Å²) in [7, 11) is 0. The third-order valence-electron chi connectivity index (χ3n) is 4.39. The minimum absolute atomic E-state index is 0.0364. The lowest BCUT2D eigenvalue weighted by atomic mass is 10.1. The van der Waals surface area contributed by atoms with Gasteiger partial charge in [-0.25, -0.2) is 4.39 Å². The van der Waals surface area contributed by atoms with E-state index in [1.807, 2.05) is 4.90 Å². The average Bonchev–Trinajstić information content (AvgIpc) is 2.65. The lowest BCUT2D eigenvalue weighted by Gasteiger charge is -2.35. The maximum absolute atomic E-state index is 13.3. The minimum atomic E-state index is -0.390. The zero-order valence-electron chi connectivity index (χ0n) is 13.9. The first-order chi connectivity index (χ1) is 12.5. The third-order valence-corrected chi connectivity index (χ3v) is 5.00. The van der Waals surface area contributed by atoms with Gasteiger partial charge in [-0.15, -0.1) is 0 Å². The summed E-state index contributed by atoms with van der Waals surface area (Å²) >= 11 is 3.12. The van der Waals surface area contributed by atoms with Crippen molar-refractivity contribution in [3.8, 4) is 0 Å². The number of benzene rings is 2.